The Kier molecular flexibility index (Phi) is 5.42. The molecule has 0 aliphatic carbocycles. The van der Waals surface area contributed by atoms with Gasteiger partial charge in [0, 0.05) is 12.1 Å². The minimum absolute atomic E-state index is 0.133. The van der Waals surface area contributed by atoms with Gasteiger partial charge < -0.3 is 10.6 Å². The molecule has 26 heavy (non-hydrogen) atoms. The molecule has 5 nitrogen and oxygen atoms in total. The molecule has 1 fully saturated rings. The van der Waals surface area contributed by atoms with Crippen LogP contribution in [0.15, 0.2) is 47.5 Å². The topological polar surface area (TPSA) is 70.6 Å². The van der Waals surface area contributed by atoms with Crippen molar-refractivity contribution in [1.82, 2.24) is 5.32 Å². The molecule has 0 aromatic heterocycles. The standard InChI is InChI=1S/C20H21N3O2S/c1-12-5-4-6-15(9-12)21-19(25)17-11-18(24)23-20(26-17)22-16-8-7-13(2)14(3)10-16/h4-10,17H,11H2,1-3H3,(H,21,25)(H,22,23,24). The number of anilines is 1. The van der Waals surface area contributed by atoms with Crippen molar-refractivity contribution in [3.05, 3.63) is 59.2 Å². The predicted octanol–water partition coefficient (Wildman–Crippen LogP) is 3.86. The zero-order valence-corrected chi connectivity index (χ0v) is 15.8. The van der Waals surface area contributed by atoms with Gasteiger partial charge in [-0.3, -0.25) is 9.59 Å². The first-order valence-corrected chi connectivity index (χ1v) is 9.28. The molecule has 1 aliphatic rings. The summed E-state index contributed by atoms with van der Waals surface area (Å²) in [6.45, 7) is 6.02. The zero-order chi connectivity index (χ0) is 18.7. The van der Waals surface area contributed by atoms with Crippen molar-refractivity contribution in [1.29, 1.82) is 0 Å². The van der Waals surface area contributed by atoms with Crippen LogP contribution in [0.2, 0.25) is 0 Å². The highest BCUT2D eigenvalue weighted by Gasteiger charge is 2.30. The molecular formula is C20H21N3O2S. The number of hydrogen-bond donors (Lipinski definition) is 2. The number of rotatable bonds is 3. The van der Waals surface area contributed by atoms with E-state index < -0.39 is 5.25 Å². The molecular weight excluding hydrogens is 346 g/mol. The van der Waals surface area contributed by atoms with Gasteiger partial charge >= 0.3 is 0 Å². The Morgan fingerprint density at radius 3 is 2.69 bits per heavy atom. The van der Waals surface area contributed by atoms with Crippen molar-refractivity contribution >= 4 is 40.1 Å². The van der Waals surface area contributed by atoms with E-state index in [9.17, 15) is 9.59 Å². The van der Waals surface area contributed by atoms with Crippen LogP contribution < -0.4 is 10.6 Å². The van der Waals surface area contributed by atoms with Crippen LogP contribution in [0, 0.1) is 20.8 Å². The number of carbonyl (C=O) groups is 2. The van der Waals surface area contributed by atoms with Gasteiger partial charge in [0.1, 0.15) is 5.25 Å². The van der Waals surface area contributed by atoms with Crippen LogP contribution in [0.5, 0.6) is 0 Å². The minimum atomic E-state index is -0.505. The highest BCUT2D eigenvalue weighted by molar-refractivity contribution is 8.15. The van der Waals surface area contributed by atoms with Gasteiger partial charge in [-0.05, 0) is 61.7 Å². The van der Waals surface area contributed by atoms with Gasteiger partial charge in [0.15, 0.2) is 5.17 Å². The molecule has 3 rings (SSSR count). The summed E-state index contributed by atoms with van der Waals surface area (Å²) in [5.41, 5.74) is 4.87. The molecule has 2 amide bonds. The first kappa shape index (κ1) is 18.2. The van der Waals surface area contributed by atoms with Crippen molar-refractivity contribution in [2.75, 3.05) is 5.32 Å². The van der Waals surface area contributed by atoms with Gasteiger partial charge in [0.2, 0.25) is 11.8 Å². The summed E-state index contributed by atoms with van der Waals surface area (Å²) < 4.78 is 0. The average Bonchev–Trinajstić information content (AvgIpc) is 2.58. The second kappa shape index (κ2) is 7.74. The van der Waals surface area contributed by atoms with Gasteiger partial charge in [0.05, 0.1) is 5.69 Å². The van der Waals surface area contributed by atoms with Crippen LogP contribution in [0.3, 0.4) is 0 Å². The summed E-state index contributed by atoms with van der Waals surface area (Å²) in [7, 11) is 0. The smallest absolute Gasteiger partial charge is 0.238 e. The molecule has 2 aromatic carbocycles. The summed E-state index contributed by atoms with van der Waals surface area (Å²) in [6, 6.07) is 13.4. The number of aliphatic imine (C=N–C) groups is 1. The van der Waals surface area contributed by atoms with E-state index in [4.69, 9.17) is 0 Å². The molecule has 134 valence electrons. The maximum Gasteiger partial charge on any atom is 0.238 e. The lowest BCUT2D eigenvalue weighted by Crippen LogP contribution is -2.41. The number of carbonyl (C=O) groups excluding carboxylic acids is 2. The molecule has 0 bridgehead atoms. The van der Waals surface area contributed by atoms with Crippen LogP contribution in [0.1, 0.15) is 23.1 Å². The van der Waals surface area contributed by atoms with Crippen molar-refractivity contribution in [2.45, 2.75) is 32.4 Å². The molecule has 6 heteroatoms. The molecule has 1 heterocycles. The van der Waals surface area contributed by atoms with E-state index in [0.717, 1.165) is 22.5 Å². The van der Waals surface area contributed by atoms with E-state index in [0.29, 0.717) is 5.17 Å². The first-order valence-electron chi connectivity index (χ1n) is 8.41. The summed E-state index contributed by atoms with van der Waals surface area (Å²) in [6.07, 6.45) is 0.133. The van der Waals surface area contributed by atoms with Crippen molar-refractivity contribution in [3.63, 3.8) is 0 Å². The zero-order valence-electron chi connectivity index (χ0n) is 15.0. The number of hydrogen-bond acceptors (Lipinski definition) is 4. The molecule has 1 aliphatic heterocycles. The normalized spacial score (nSPS) is 18.5. The molecule has 0 saturated carbocycles. The fourth-order valence-electron chi connectivity index (χ4n) is 2.60. The number of benzene rings is 2. The van der Waals surface area contributed by atoms with Gasteiger partial charge in [-0.15, -0.1) is 0 Å². The Morgan fingerprint density at radius 2 is 1.96 bits per heavy atom. The lowest BCUT2D eigenvalue weighted by Gasteiger charge is -2.22. The van der Waals surface area contributed by atoms with E-state index in [1.165, 1.54) is 17.3 Å². The number of thioether (sulfide) groups is 1. The third-order valence-corrected chi connectivity index (χ3v) is 5.25. The number of nitrogens with one attached hydrogen (secondary N) is 2. The molecule has 0 spiro atoms. The van der Waals surface area contributed by atoms with Crippen LogP contribution in [-0.4, -0.2) is 22.2 Å². The number of amides is 2. The summed E-state index contributed by atoms with van der Waals surface area (Å²) in [5, 5.41) is 5.58. The van der Waals surface area contributed by atoms with E-state index >= 15 is 0 Å². The SMILES string of the molecule is Cc1cccc(NC(=O)C2CC(=O)NC(=Nc3ccc(C)c(C)c3)S2)c1. The monoisotopic (exact) mass is 367 g/mol. The fraction of sp³-hybridized carbons (Fsp3) is 0.250. The highest BCUT2D eigenvalue weighted by Crippen LogP contribution is 2.26. The maximum absolute atomic E-state index is 12.6. The third-order valence-electron chi connectivity index (χ3n) is 4.17. The lowest BCUT2D eigenvalue weighted by atomic mass is 10.1. The van der Waals surface area contributed by atoms with E-state index in [1.54, 1.807) is 0 Å². The Bertz CT molecular complexity index is 892. The number of aryl methyl sites for hydroxylation is 3. The lowest BCUT2D eigenvalue weighted by molar-refractivity contribution is -0.123. The van der Waals surface area contributed by atoms with Crippen LogP contribution in [0.25, 0.3) is 0 Å². The van der Waals surface area contributed by atoms with Gasteiger partial charge in [0.25, 0.3) is 0 Å². The Morgan fingerprint density at radius 1 is 1.15 bits per heavy atom. The second-order valence-electron chi connectivity index (χ2n) is 6.40. The first-order chi connectivity index (χ1) is 12.4. The Balaban J connectivity index is 1.74. The second-order valence-corrected chi connectivity index (χ2v) is 7.59. The van der Waals surface area contributed by atoms with Crippen LogP contribution in [-0.2, 0) is 9.59 Å². The third kappa shape index (κ3) is 4.52. The molecule has 2 N–H and O–H groups in total. The Labute approximate surface area is 157 Å². The van der Waals surface area contributed by atoms with Gasteiger partial charge in [-0.2, -0.15) is 0 Å². The van der Waals surface area contributed by atoms with Gasteiger partial charge in [-0.25, -0.2) is 4.99 Å². The van der Waals surface area contributed by atoms with Crippen molar-refractivity contribution < 1.29 is 9.59 Å². The summed E-state index contributed by atoms with van der Waals surface area (Å²) in [4.78, 5) is 29.1. The van der Waals surface area contributed by atoms with Crippen molar-refractivity contribution in [2.24, 2.45) is 4.99 Å². The molecule has 0 radical (unpaired) electrons. The maximum atomic E-state index is 12.6. The minimum Gasteiger partial charge on any atom is -0.325 e. The summed E-state index contributed by atoms with van der Waals surface area (Å²) >= 11 is 1.28. The van der Waals surface area contributed by atoms with Crippen LogP contribution in [0.4, 0.5) is 11.4 Å². The number of nitrogens with zero attached hydrogens (tertiary/aromatic N) is 1. The Hall–Kier alpha value is -2.60. The van der Waals surface area contributed by atoms with Gasteiger partial charge in [-0.1, -0.05) is 30.0 Å². The molecule has 2 aromatic rings. The molecule has 1 unspecified atom stereocenters. The average molecular weight is 367 g/mol. The largest absolute Gasteiger partial charge is 0.325 e. The molecule has 1 saturated heterocycles. The van der Waals surface area contributed by atoms with Crippen molar-refractivity contribution in [3.8, 4) is 0 Å². The summed E-state index contributed by atoms with van der Waals surface area (Å²) in [5.74, 6) is -0.390. The van der Waals surface area contributed by atoms with E-state index in [1.807, 2.05) is 63.2 Å². The number of amidine groups is 1. The van der Waals surface area contributed by atoms with E-state index in [2.05, 4.69) is 15.6 Å². The highest BCUT2D eigenvalue weighted by atomic mass is 32.2. The van der Waals surface area contributed by atoms with E-state index in [-0.39, 0.29) is 18.2 Å². The van der Waals surface area contributed by atoms with Crippen LogP contribution >= 0.6 is 11.8 Å². The fourth-order valence-corrected chi connectivity index (χ4v) is 3.60. The quantitative estimate of drug-likeness (QED) is 0.865. The predicted molar refractivity (Wildman–Crippen MR) is 107 cm³/mol. The molecule has 1 atom stereocenters.